The first kappa shape index (κ1) is 21.4. The average molecular weight is 434 g/mol. The second kappa shape index (κ2) is 8.03. The molecule has 7 nitrogen and oxygen atoms in total. The van der Waals surface area contributed by atoms with Gasteiger partial charge in [-0.05, 0) is 22.1 Å². The van der Waals surface area contributed by atoms with Gasteiger partial charge in [-0.3, -0.25) is 4.79 Å². The van der Waals surface area contributed by atoms with E-state index in [0.717, 1.165) is 5.56 Å². The van der Waals surface area contributed by atoms with Crippen LogP contribution in [0.25, 0.3) is 22.2 Å². The lowest BCUT2D eigenvalue weighted by atomic mass is 9.91. The zero-order valence-electron chi connectivity index (χ0n) is 18.0. The van der Waals surface area contributed by atoms with Crippen molar-refractivity contribution in [1.82, 2.24) is 19.7 Å². The lowest BCUT2D eigenvalue weighted by molar-refractivity contribution is 0.0696. The molecule has 2 heterocycles. The van der Waals surface area contributed by atoms with Gasteiger partial charge in [0, 0.05) is 6.42 Å². The fourth-order valence-electron chi connectivity index (χ4n) is 3.87. The van der Waals surface area contributed by atoms with Crippen molar-refractivity contribution in [3.63, 3.8) is 0 Å². The molecule has 0 radical (unpaired) electrons. The number of nitrogens with one attached hydrogen (secondary N) is 1. The Balaban J connectivity index is 1.94. The molecule has 0 aliphatic carbocycles. The Labute approximate surface area is 183 Å². The third-order valence-corrected chi connectivity index (χ3v) is 5.18. The first-order chi connectivity index (χ1) is 15.2. The van der Waals surface area contributed by atoms with Crippen LogP contribution in [0.2, 0.25) is 0 Å². The molecule has 0 aliphatic heterocycles. The largest absolute Gasteiger partial charge is 0.478 e. The number of hydrogen-bond acceptors (Lipinski definition) is 4. The number of hydrogen-bond donors (Lipinski definition) is 2. The number of fused-ring (bicyclic) bond motifs is 1. The molecule has 8 heteroatoms. The van der Waals surface area contributed by atoms with Crippen LogP contribution >= 0.6 is 0 Å². The first-order valence-corrected chi connectivity index (χ1v) is 10.2. The molecule has 0 saturated heterocycles. The Morgan fingerprint density at radius 2 is 1.84 bits per heavy atom. The van der Waals surface area contributed by atoms with E-state index in [4.69, 9.17) is 0 Å². The fourth-order valence-corrected chi connectivity index (χ4v) is 3.87. The van der Waals surface area contributed by atoms with Crippen LogP contribution in [0.3, 0.4) is 0 Å². The van der Waals surface area contributed by atoms with Crippen LogP contribution in [0.15, 0.2) is 53.3 Å². The second-order valence-corrected chi connectivity index (χ2v) is 8.90. The maximum atomic E-state index is 14.4. The molecule has 0 aliphatic rings. The van der Waals surface area contributed by atoms with Crippen LogP contribution in [0, 0.1) is 11.4 Å². The minimum absolute atomic E-state index is 0.0400. The van der Waals surface area contributed by atoms with Gasteiger partial charge >= 0.3 is 5.97 Å². The maximum Gasteiger partial charge on any atom is 0.336 e. The normalized spacial score (nSPS) is 11.8. The zero-order chi connectivity index (χ0) is 23.0. The van der Waals surface area contributed by atoms with Crippen molar-refractivity contribution in [3.05, 3.63) is 81.8 Å². The number of rotatable bonds is 5. The Morgan fingerprint density at radius 1 is 1.12 bits per heavy atom. The summed E-state index contributed by atoms with van der Waals surface area (Å²) in [5.74, 6) is -1.46. The van der Waals surface area contributed by atoms with Crippen LogP contribution < -0.4 is 5.56 Å². The van der Waals surface area contributed by atoms with Crippen molar-refractivity contribution in [2.75, 3.05) is 0 Å². The summed E-state index contributed by atoms with van der Waals surface area (Å²) in [5, 5.41) is 15.6. The smallest absolute Gasteiger partial charge is 0.336 e. The molecule has 2 aromatic heterocycles. The maximum absolute atomic E-state index is 14.4. The molecular weight excluding hydrogens is 411 g/mol. The van der Waals surface area contributed by atoms with E-state index >= 15 is 0 Å². The highest BCUT2D eigenvalue weighted by Gasteiger charge is 2.24. The molecule has 0 fully saturated rings. The van der Waals surface area contributed by atoms with E-state index in [1.807, 2.05) is 51.1 Å². The van der Waals surface area contributed by atoms with Crippen LogP contribution in [0.5, 0.6) is 0 Å². The molecule has 0 bridgehead atoms. The number of carboxylic acids is 1. The van der Waals surface area contributed by atoms with Crippen LogP contribution in [0.1, 0.15) is 42.5 Å². The number of imidazole rings is 1. The van der Waals surface area contributed by atoms with E-state index in [0.29, 0.717) is 23.4 Å². The summed E-state index contributed by atoms with van der Waals surface area (Å²) in [6.45, 7) is 6.08. The number of halogens is 1. The Morgan fingerprint density at radius 3 is 2.50 bits per heavy atom. The van der Waals surface area contributed by atoms with Gasteiger partial charge in [0.1, 0.15) is 11.3 Å². The van der Waals surface area contributed by atoms with E-state index in [1.54, 1.807) is 22.8 Å². The first-order valence-electron chi connectivity index (χ1n) is 10.2. The Kier molecular flexibility index (Phi) is 5.38. The zero-order valence-corrected chi connectivity index (χ0v) is 18.0. The minimum atomic E-state index is -1.08. The van der Waals surface area contributed by atoms with E-state index < -0.39 is 17.5 Å². The van der Waals surface area contributed by atoms with Gasteiger partial charge in [0.05, 0.1) is 12.1 Å². The van der Waals surface area contributed by atoms with Crippen molar-refractivity contribution in [3.8, 4) is 11.1 Å². The number of H-pyrrole nitrogens is 1. The summed E-state index contributed by atoms with van der Waals surface area (Å²) in [5.41, 5.74) is 1.10. The standard InChI is InChI=1S/C24H23FN4O3/c1-24(2,3)12-17-26-19-20(22(30)28-27-21(19)25)29(17)13-15-10-7-11-16(18(15)23(31)32)14-8-5-4-6-9-14/h4-11H,12-13H2,1-3H3,(H,28,30)(H,31,32). The van der Waals surface area contributed by atoms with Gasteiger partial charge < -0.3 is 9.67 Å². The van der Waals surface area contributed by atoms with Gasteiger partial charge in [-0.2, -0.15) is 4.39 Å². The van der Waals surface area contributed by atoms with E-state index in [9.17, 15) is 19.1 Å². The van der Waals surface area contributed by atoms with Crippen LogP contribution in [0.4, 0.5) is 4.39 Å². The summed E-state index contributed by atoms with van der Waals surface area (Å²) in [6.07, 6.45) is 0.460. The number of aromatic amines is 1. The molecule has 32 heavy (non-hydrogen) atoms. The molecule has 0 saturated carbocycles. The van der Waals surface area contributed by atoms with Crippen LogP contribution in [-0.2, 0) is 13.0 Å². The number of carboxylic acid groups (broad SMARTS) is 1. The number of aromatic carboxylic acids is 1. The number of aromatic nitrogens is 4. The fraction of sp³-hybridized carbons (Fsp3) is 0.250. The highest BCUT2D eigenvalue weighted by atomic mass is 19.1. The summed E-state index contributed by atoms with van der Waals surface area (Å²) in [6, 6.07) is 14.5. The lowest BCUT2D eigenvalue weighted by Crippen LogP contribution is -2.19. The van der Waals surface area contributed by atoms with Crippen molar-refractivity contribution >= 4 is 17.0 Å². The SMILES string of the molecule is CC(C)(C)Cc1nc2c(F)n[nH]c(=O)c2n1Cc1cccc(-c2ccccc2)c1C(=O)O. The topological polar surface area (TPSA) is 101 Å². The quantitative estimate of drug-likeness (QED) is 0.489. The average Bonchev–Trinajstić information content (AvgIpc) is 3.08. The van der Waals surface area contributed by atoms with Gasteiger partial charge in [-0.1, -0.05) is 69.3 Å². The van der Waals surface area contributed by atoms with Crippen molar-refractivity contribution in [2.45, 2.75) is 33.7 Å². The Hall–Kier alpha value is -3.81. The molecule has 164 valence electrons. The number of carbonyl (C=O) groups is 1. The molecule has 2 aromatic carbocycles. The highest BCUT2D eigenvalue weighted by molar-refractivity contribution is 5.97. The van der Waals surface area contributed by atoms with Gasteiger partial charge in [0.25, 0.3) is 11.5 Å². The predicted octanol–water partition coefficient (Wildman–Crippen LogP) is 4.26. The van der Waals surface area contributed by atoms with Crippen molar-refractivity contribution in [2.24, 2.45) is 5.41 Å². The number of nitrogens with zero attached hydrogens (tertiary/aromatic N) is 3. The molecule has 0 spiro atoms. The monoisotopic (exact) mass is 434 g/mol. The highest BCUT2D eigenvalue weighted by Crippen LogP contribution is 2.29. The molecule has 0 unspecified atom stereocenters. The van der Waals surface area contributed by atoms with Crippen molar-refractivity contribution in [1.29, 1.82) is 0 Å². The molecule has 0 amide bonds. The van der Waals surface area contributed by atoms with Gasteiger partial charge in [0.2, 0.25) is 0 Å². The van der Waals surface area contributed by atoms with Gasteiger partial charge in [0.15, 0.2) is 5.52 Å². The van der Waals surface area contributed by atoms with E-state index in [2.05, 4.69) is 15.2 Å². The molecule has 2 N–H and O–H groups in total. The number of benzene rings is 2. The predicted molar refractivity (Wildman–Crippen MR) is 119 cm³/mol. The molecule has 4 rings (SSSR count). The summed E-state index contributed by atoms with van der Waals surface area (Å²) >= 11 is 0. The minimum Gasteiger partial charge on any atom is -0.478 e. The second-order valence-electron chi connectivity index (χ2n) is 8.90. The van der Waals surface area contributed by atoms with Gasteiger partial charge in [-0.25, -0.2) is 14.9 Å². The van der Waals surface area contributed by atoms with Gasteiger partial charge in [-0.15, -0.1) is 5.10 Å². The summed E-state index contributed by atoms with van der Waals surface area (Å²) in [7, 11) is 0. The Bertz CT molecular complexity index is 1370. The molecule has 4 aromatic rings. The van der Waals surface area contributed by atoms with E-state index in [1.165, 1.54) is 0 Å². The molecular formula is C24H23FN4O3. The third kappa shape index (κ3) is 4.03. The lowest BCUT2D eigenvalue weighted by Gasteiger charge is -2.19. The van der Waals surface area contributed by atoms with Crippen LogP contribution in [-0.4, -0.2) is 30.8 Å². The third-order valence-electron chi connectivity index (χ3n) is 5.18. The molecule has 0 atom stereocenters. The van der Waals surface area contributed by atoms with E-state index in [-0.39, 0.29) is 28.6 Å². The summed E-state index contributed by atoms with van der Waals surface area (Å²) < 4.78 is 16.0. The summed E-state index contributed by atoms with van der Waals surface area (Å²) in [4.78, 5) is 29.2. The van der Waals surface area contributed by atoms with Crippen molar-refractivity contribution < 1.29 is 14.3 Å².